The maximum Gasteiger partial charge on any atom is 0.243 e. The highest BCUT2D eigenvalue weighted by atomic mass is 35.5. The summed E-state index contributed by atoms with van der Waals surface area (Å²) < 4.78 is 53.1. The maximum absolute atomic E-state index is 12.4. The fraction of sp³-hybridized carbons (Fsp3) is 0.571. The molecule has 24 heavy (non-hydrogen) atoms. The van der Waals surface area contributed by atoms with Gasteiger partial charge in [-0.1, -0.05) is 0 Å². The van der Waals surface area contributed by atoms with Crippen LogP contribution < -0.4 is 10.0 Å². The number of nitrogens with zero attached hydrogens (tertiary/aromatic N) is 1. The molecule has 1 aliphatic heterocycles. The number of rotatable bonds is 7. The van der Waals surface area contributed by atoms with Gasteiger partial charge in [0.15, 0.2) is 0 Å². The number of likely N-dealkylation sites (N-methyl/N-ethyl adjacent to an activating group) is 1. The first kappa shape index (κ1) is 21.3. The molecule has 7 nitrogen and oxygen atoms in total. The third-order valence-electron chi connectivity index (χ3n) is 3.91. The van der Waals surface area contributed by atoms with E-state index < -0.39 is 20.0 Å². The average molecular weight is 398 g/mol. The van der Waals surface area contributed by atoms with Crippen molar-refractivity contribution in [2.75, 3.05) is 26.7 Å². The van der Waals surface area contributed by atoms with Crippen molar-refractivity contribution in [1.29, 1.82) is 0 Å². The van der Waals surface area contributed by atoms with Crippen LogP contribution in [-0.2, 0) is 20.0 Å². The highest BCUT2D eigenvalue weighted by Gasteiger charge is 2.27. The van der Waals surface area contributed by atoms with Gasteiger partial charge in [0.2, 0.25) is 20.0 Å². The van der Waals surface area contributed by atoms with Crippen molar-refractivity contribution < 1.29 is 16.8 Å². The van der Waals surface area contributed by atoms with Crippen molar-refractivity contribution in [1.82, 2.24) is 14.3 Å². The zero-order valence-corrected chi connectivity index (χ0v) is 16.2. The fourth-order valence-electron chi connectivity index (χ4n) is 2.29. The van der Waals surface area contributed by atoms with E-state index in [4.69, 9.17) is 0 Å². The normalized spacial score (nSPS) is 17.4. The molecule has 1 heterocycles. The molecule has 2 rings (SSSR count). The second-order valence-corrected chi connectivity index (χ2v) is 9.33. The van der Waals surface area contributed by atoms with Gasteiger partial charge in [-0.05, 0) is 51.1 Å². The summed E-state index contributed by atoms with van der Waals surface area (Å²) in [7, 11) is -5.42. The Labute approximate surface area is 150 Å². The molecule has 2 N–H and O–H groups in total. The Kier molecular flexibility index (Phi) is 7.64. The van der Waals surface area contributed by atoms with Crippen molar-refractivity contribution in [2.45, 2.75) is 35.6 Å². The molecule has 138 valence electrons. The standard InChI is InChI=1S/C14H23N3O4S2.ClH/c1-12(15-2)11-16-22(18,19)13-5-7-14(8-6-13)23(20,21)17-9-3-4-10-17;/h5-8,12,15-16H,3-4,9-11H2,1-2H3;1H. The van der Waals surface area contributed by atoms with Crippen molar-refractivity contribution in [2.24, 2.45) is 0 Å². The van der Waals surface area contributed by atoms with E-state index in [1.54, 1.807) is 7.05 Å². The Bertz CT molecular complexity index is 730. The Morgan fingerprint density at radius 1 is 1.04 bits per heavy atom. The molecule has 0 radical (unpaired) electrons. The Morgan fingerprint density at radius 3 is 2.04 bits per heavy atom. The van der Waals surface area contributed by atoms with Crippen LogP contribution >= 0.6 is 12.4 Å². The summed E-state index contributed by atoms with van der Waals surface area (Å²) in [4.78, 5) is 0.183. The molecule has 1 atom stereocenters. The van der Waals surface area contributed by atoms with Crippen LogP contribution in [-0.4, -0.2) is 53.9 Å². The third kappa shape index (κ3) is 4.90. The highest BCUT2D eigenvalue weighted by Crippen LogP contribution is 2.22. The molecule has 0 aromatic heterocycles. The van der Waals surface area contributed by atoms with E-state index in [9.17, 15) is 16.8 Å². The van der Waals surface area contributed by atoms with E-state index in [0.717, 1.165) is 12.8 Å². The summed E-state index contributed by atoms with van der Waals surface area (Å²) in [6, 6.07) is 5.36. The van der Waals surface area contributed by atoms with Gasteiger partial charge in [-0.2, -0.15) is 4.31 Å². The molecule has 0 aliphatic carbocycles. The molecule has 1 aromatic rings. The monoisotopic (exact) mass is 397 g/mol. The van der Waals surface area contributed by atoms with E-state index in [2.05, 4.69) is 10.0 Å². The Hall–Kier alpha value is -0.710. The minimum Gasteiger partial charge on any atom is -0.316 e. The van der Waals surface area contributed by atoms with E-state index in [1.807, 2.05) is 6.92 Å². The molecule has 0 saturated carbocycles. The van der Waals surface area contributed by atoms with Gasteiger partial charge < -0.3 is 5.32 Å². The molecule has 1 saturated heterocycles. The zero-order chi connectivity index (χ0) is 17.1. The van der Waals surface area contributed by atoms with Crippen LogP contribution in [0.5, 0.6) is 0 Å². The first-order valence-corrected chi connectivity index (χ1v) is 10.5. The zero-order valence-electron chi connectivity index (χ0n) is 13.7. The Balaban J connectivity index is 0.00000288. The lowest BCUT2D eigenvalue weighted by molar-refractivity contribution is 0.477. The summed E-state index contributed by atoms with van der Waals surface area (Å²) in [6.07, 6.45) is 1.72. The van der Waals surface area contributed by atoms with E-state index in [0.29, 0.717) is 13.1 Å². The van der Waals surface area contributed by atoms with E-state index in [1.165, 1.54) is 28.6 Å². The van der Waals surface area contributed by atoms with Gasteiger partial charge in [0, 0.05) is 25.7 Å². The third-order valence-corrected chi connectivity index (χ3v) is 7.26. The predicted molar refractivity (Wildman–Crippen MR) is 95.4 cm³/mol. The molecule has 1 aliphatic rings. The van der Waals surface area contributed by atoms with Crippen LogP contribution in [0.1, 0.15) is 19.8 Å². The number of hydrogen-bond acceptors (Lipinski definition) is 5. The quantitative estimate of drug-likeness (QED) is 0.708. The average Bonchev–Trinajstić information content (AvgIpc) is 3.08. The molecular weight excluding hydrogens is 374 g/mol. The molecule has 1 unspecified atom stereocenters. The molecule has 10 heteroatoms. The van der Waals surface area contributed by atoms with Crippen LogP contribution in [0.25, 0.3) is 0 Å². The lowest BCUT2D eigenvalue weighted by Gasteiger charge is -2.16. The Morgan fingerprint density at radius 2 is 1.54 bits per heavy atom. The molecule has 1 aromatic carbocycles. The van der Waals surface area contributed by atoms with E-state index in [-0.39, 0.29) is 34.8 Å². The van der Waals surface area contributed by atoms with Gasteiger partial charge in [0.05, 0.1) is 9.79 Å². The second kappa shape index (κ2) is 8.59. The molecule has 0 bridgehead atoms. The molecule has 0 amide bonds. The van der Waals surface area contributed by atoms with Gasteiger partial charge in [0.25, 0.3) is 0 Å². The van der Waals surface area contributed by atoms with Crippen molar-refractivity contribution >= 4 is 32.5 Å². The summed E-state index contributed by atoms with van der Waals surface area (Å²) >= 11 is 0. The van der Waals surface area contributed by atoms with Crippen LogP contribution in [0.15, 0.2) is 34.1 Å². The fourth-order valence-corrected chi connectivity index (χ4v) is 4.94. The van der Waals surface area contributed by atoms with Gasteiger partial charge in [0.1, 0.15) is 0 Å². The van der Waals surface area contributed by atoms with Gasteiger partial charge in [-0.15, -0.1) is 12.4 Å². The topological polar surface area (TPSA) is 95.6 Å². The van der Waals surface area contributed by atoms with Crippen LogP contribution in [0.4, 0.5) is 0 Å². The van der Waals surface area contributed by atoms with Crippen molar-refractivity contribution in [3.63, 3.8) is 0 Å². The molecule has 0 spiro atoms. The minimum atomic E-state index is -3.65. The SMILES string of the molecule is CNC(C)CNS(=O)(=O)c1ccc(S(=O)(=O)N2CCCC2)cc1.Cl. The number of nitrogens with one attached hydrogen (secondary N) is 2. The molecule has 1 fully saturated rings. The second-order valence-electron chi connectivity index (χ2n) is 5.62. The number of sulfonamides is 2. The lowest BCUT2D eigenvalue weighted by atomic mass is 10.4. The van der Waals surface area contributed by atoms with Crippen molar-refractivity contribution in [3.8, 4) is 0 Å². The summed E-state index contributed by atoms with van der Waals surface area (Å²) in [6.45, 7) is 3.15. The first-order valence-electron chi connectivity index (χ1n) is 7.54. The molecular formula is C14H24ClN3O4S2. The first-order chi connectivity index (χ1) is 10.8. The van der Waals surface area contributed by atoms with Gasteiger partial charge in [-0.25, -0.2) is 21.6 Å². The minimum absolute atomic E-state index is 0. The summed E-state index contributed by atoms with van der Waals surface area (Å²) in [5.74, 6) is 0. The van der Waals surface area contributed by atoms with Crippen LogP contribution in [0, 0.1) is 0 Å². The number of benzene rings is 1. The summed E-state index contributed by atoms with van der Waals surface area (Å²) in [5, 5.41) is 2.94. The lowest BCUT2D eigenvalue weighted by Crippen LogP contribution is -2.37. The van der Waals surface area contributed by atoms with Gasteiger partial charge in [-0.3, -0.25) is 0 Å². The predicted octanol–water partition coefficient (Wildman–Crippen LogP) is 0.779. The van der Waals surface area contributed by atoms with Crippen LogP contribution in [0.2, 0.25) is 0 Å². The van der Waals surface area contributed by atoms with Crippen LogP contribution in [0.3, 0.4) is 0 Å². The smallest absolute Gasteiger partial charge is 0.243 e. The van der Waals surface area contributed by atoms with Crippen molar-refractivity contribution in [3.05, 3.63) is 24.3 Å². The number of hydrogen-bond donors (Lipinski definition) is 2. The largest absolute Gasteiger partial charge is 0.316 e. The van der Waals surface area contributed by atoms with E-state index >= 15 is 0 Å². The number of halogens is 1. The maximum atomic E-state index is 12.4. The summed E-state index contributed by atoms with van der Waals surface area (Å²) in [5.41, 5.74) is 0. The highest BCUT2D eigenvalue weighted by molar-refractivity contribution is 7.89. The van der Waals surface area contributed by atoms with Gasteiger partial charge >= 0.3 is 0 Å².